The highest BCUT2D eigenvalue weighted by molar-refractivity contribution is 7.15. The SMILES string of the molecule is CC1NCCn2c(C(=O)Nc3nnc(Cc4cccc(Cl)c4)s3)ccc21. The van der Waals surface area contributed by atoms with E-state index in [1.165, 1.54) is 11.3 Å². The summed E-state index contributed by atoms with van der Waals surface area (Å²) >= 11 is 7.39. The molecule has 0 bridgehead atoms. The fourth-order valence-corrected chi connectivity index (χ4v) is 4.15. The van der Waals surface area contributed by atoms with Gasteiger partial charge in [0, 0.05) is 36.3 Å². The van der Waals surface area contributed by atoms with Crippen LogP contribution < -0.4 is 10.6 Å². The number of benzene rings is 1. The van der Waals surface area contributed by atoms with Crippen molar-refractivity contribution < 1.29 is 4.79 Å². The van der Waals surface area contributed by atoms with Crippen molar-refractivity contribution in [3.63, 3.8) is 0 Å². The Hall–Kier alpha value is -2.22. The predicted octanol–water partition coefficient (Wildman–Crippen LogP) is 3.50. The second-order valence-corrected chi connectivity index (χ2v) is 7.73. The molecule has 1 aliphatic heterocycles. The highest BCUT2D eigenvalue weighted by Gasteiger charge is 2.22. The molecule has 1 aromatic carbocycles. The molecule has 0 saturated carbocycles. The molecule has 1 atom stereocenters. The van der Waals surface area contributed by atoms with E-state index in [-0.39, 0.29) is 11.9 Å². The molecule has 3 heterocycles. The minimum absolute atomic E-state index is 0.157. The molecule has 134 valence electrons. The van der Waals surface area contributed by atoms with E-state index in [4.69, 9.17) is 11.6 Å². The van der Waals surface area contributed by atoms with Crippen LogP contribution in [0.15, 0.2) is 36.4 Å². The third-order valence-electron chi connectivity index (χ3n) is 4.41. The summed E-state index contributed by atoms with van der Waals surface area (Å²) in [5, 5.41) is 16.5. The number of halogens is 1. The summed E-state index contributed by atoms with van der Waals surface area (Å²) in [7, 11) is 0. The van der Waals surface area contributed by atoms with Crippen LogP contribution in [0.5, 0.6) is 0 Å². The first-order valence-corrected chi connectivity index (χ1v) is 9.60. The molecule has 8 heteroatoms. The van der Waals surface area contributed by atoms with Gasteiger partial charge in [0.05, 0.1) is 0 Å². The number of hydrogen-bond donors (Lipinski definition) is 2. The Morgan fingerprint density at radius 2 is 2.27 bits per heavy atom. The molecule has 1 aliphatic rings. The number of carbonyl (C=O) groups excluding carboxylic acids is 1. The normalized spacial score (nSPS) is 16.3. The Balaban J connectivity index is 1.47. The topological polar surface area (TPSA) is 71.8 Å². The molecule has 4 rings (SSSR count). The van der Waals surface area contributed by atoms with Gasteiger partial charge < -0.3 is 9.88 Å². The molecule has 0 aliphatic carbocycles. The van der Waals surface area contributed by atoms with Crippen molar-refractivity contribution in [1.82, 2.24) is 20.1 Å². The maximum absolute atomic E-state index is 12.6. The van der Waals surface area contributed by atoms with Crippen molar-refractivity contribution in [2.45, 2.75) is 25.9 Å². The Bertz CT molecular complexity index is 951. The van der Waals surface area contributed by atoms with Crippen molar-refractivity contribution >= 4 is 34.0 Å². The quantitative estimate of drug-likeness (QED) is 0.718. The van der Waals surface area contributed by atoms with Crippen LogP contribution in [0.25, 0.3) is 0 Å². The van der Waals surface area contributed by atoms with Crippen LogP contribution in [0, 0.1) is 0 Å². The third kappa shape index (κ3) is 3.51. The van der Waals surface area contributed by atoms with Crippen LogP contribution in [0.3, 0.4) is 0 Å². The third-order valence-corrected chi connectivity index (χ3v) is 5.48. The van der Waals surface area contributed by atoms with Gasteiger partial charge in [0.2, 0.25) is 5.13 Å². The summed E-state index contributed by atoms with van der Waals surface area (Å²) in [6, 6.07) is 11.8. The highest BCUT2D eigenvalue weighted by atomic mass is 35.5. The number of nitrogens with one attached hydrogen (secondary N) is 2. The van der Waals surface area contributed by atoms with E-state index in [9.17, 15) is 4.79 Å². The first-order valence-electron chi connectivity index (χ1n) is 8.41. The van der Waals surface area contributed by atoms with Crippen molar-refractivity contribution in [3.05, 3.63) is 63.4 Å². The zero-order chi connectivity index (χ0) is 18.1. The highest BCUT2D eigenvalue weighted by Crippen LogP contribution is 2.23. The number of rotatable bonds is 4. The molecule has 6 nitrogen and oxygen atoms in total. The zero-order valence-corrected chi connectivity index (χ0v) is 15.8. The Labute approximate surface area is 160 Å². The van der Waals surface area contributed by atoms with Crippen molar-refractivity contribution in [3.8, 4) is 0 Å². The molecule has 2 aromatic heterocycles. The first-order chi connectivity index (χ1) is 12.6. The van der Waals surface area contributed by atoms with Gasteiger partial charge in [-0.3, -0.25) is 10.1 Å². The number of nitrogens with zero attached hydrogens (tertiary/aromatic N) is 3. The maximum Gasteiger partial charge on any atom is 0.274 e. The van der Waals surface area contributed by atoms with Gasteiger partial charge in [-0.1, -0.05) is 35.1 Å². The molecule has 0 spiro atoms. The monoisotopic (exact) mass is 387 g/mol. The summed E-state index contributed by atoms with van der Waals surface area (Å²) < 4.78 is 2.06. The van der Waals surface area contributed by atoms with E-state index in [0.29, 0.717) is 22.3 Å². The van der Waals surface area contributed by atoms with Crippen LogP contribution in [-0.4, -0.2) is 27.2 Å². The van der Waals surface area contributed by atoms with Gasteiger partial charge in [-0.15, -0.1) is 10.2 Å². The van der Waals surface area contributed by atoms with Gasteiger partial charge in [0.25, 0.3) is 5.91 Å². The van der Waals surface area contributed by atoms with Crippen LogP contribution >= 0.6 is 22.9 Å². The number of amides is 1. The largest absolute Gasteiger partial charge is 0.338 e. The lowest BCUT2D eigenvalue weighted by Gasteiger charge is -2.24. The van der Waals surface area contributed by atoms with Crippen LogP contribution in [-0.2, 0) is 13.0 Å². The summed E-state index contributed by atoms with van der Waals surface area (Å²) in [6.07, 6.45) is 0.637. The van der Waals surface area contributed by atoms with E-state index >= 15 is 0 Å². The average molecular weight is 388 g/mol. The van der Waals surface area contributed by atoms with Gasteiger partial charge in [-0.05, 0) is 36.8 Å². The second-order valence-electron chi connectivity index (χ2n) is 6.23. The first kappa shape index (κ1) is 17.2. The average Bonchev–Trinajstić information content (AvgIpc) is 3.22. The molecule has 1 amide bonds. The maximum atomic E-state index is 12.6. The van der Waals surface area contributed by atoms with E-state index < -0.39 is 0 Å². The van der Waals surface area contributed by atoms with E-state index in [2.05, 4.69) is 32.3 Å². The number of fused-ring (bicyclic) bond motifs is 1. The van der Waals surface area contributed by atoms with Crippen LogP contribution in [0.2, 0.25) is 5.02 Å². The van der Waals surface area contributed by atoms with E-state index in [1.54, 1.807) is 0 Å². The summed E-state index contributed by atoms with van der Waals surface area (Å²) in [5.74, 6) is -0.157. The molecule has 26 heavy (non-hydrogen) atoms. The smallest absolute Gasteiger partial charge is 0.274 e. The van der Waals surface area contributed by atoms with Gasteiger partial charge in [0.15, 0.2) is 0 Å². The van der Waals surface area contributed by atoms with Crippen LogP contribution in [0.4, 0.5) is 5.13 Å². The summed E-state index contributed by atoms with van der Waals surface area (Å²) in [4.78, 5) is 12.6. The fourth-order valence-electron chi connectivity index (χ4n) is 3.16. The lowest BCUT2D eigenvalue weighted by molar-refractivity contribution is 0.101. The van der Waals surface area contributed by atoms with E-state index in [0.717, 1.165) is 29.4 Å². The Morgan fingerprint density at radius 3 is 3.12 bits per heavy atom. The summed E-state index contributed by atoms with van der Waals surface area (Å²) in [5.41, 5.74) is 2.84. The van der Waals surface area contributed by atoms with Gasteiger partial charge in [0.1, 0.15) is 10.7 Å². The number of anilines is 1. The molecule has 2 N–H and O–H groups in total. The molecule has 0 fully saturated rings. The van der Waals surface area contributed by atoms with Gasteiger partial charge in [-0.2, -0.15) is 0 Å². The van der Waals surface area contributed by atoms with Crippen molar-refractivity contribution in [2.24, 2.45) is 0 Å². The zero-order valence-electron chi connectivity index (χ0n) is 14.2. The molecule has 3 aromatic rings. The minimum atomic E-state index is -0.157. The number of hydrogen-bond acceptors (Lipinski definition) is 5. The number of aromatic nitrogens is 3. The predicted molar refractivity (Wildman–Crippen MR) is 103 cm³/mol. The van der Waals surface area contributed by atoms with Gasteiger partial charge in [-0.25, -0.2) is 0 Å². The second kappa shape index (κ2) is 7.19. The van der Waals surface area contributed by atoms with Crippen molar-refractivity contribution in [1.29, 1.82) is 0 Å². The number of carbonyl (C=O) groups is 1. The molecule has 1 unspecified atom stereocenters. The Kier molecular flexibility index (Phi) is 4.76. The Morgan fingerprint density at radius 1 is 1.38 bits per heavy atom. The summed E-state index contributed by atoms with van der Waals surface area (Å²) in [6.45, 7) is 3.73. The van der Waals surface area contributed by atoms with Gasteiger partial charge >= 0.3 is 0 Å². The molecule has 0 saturated heterocycles. The van der Waals surface area contributed by atoms with E-state index in [1.807, 2.05) is 36.4 Å². The van der Waals surface area contributed by atoms with Crippen LogP contribution in [0.1, 0.15) is 39.7 Å². The fraction of sp³-hybridized carbons (Fsp3) is 0.278. The minimum Gasteiger partial charge on any atom is -0.338 e. The lowest BCUT2D eigenvalue weighted by Crippen LogP contribution is -2.33. The molecule has 0 radical (unpaired) electrons. The lowest BCUT2D eigenvalue weighted by atomic mass is 10.2. The standard InChI is InChI=1S/C18H18ClN5OS/c1-11-14-5-6-15(24(14)8-7-20-11)17(25)21-18-23-22-16(26-18)10-12-3-2-4-13(19)9-12/h2-6,9,11,20H,7-8,10H2,1H3,(H,21,23,25). The molecular formula is C18H18ClN5OS. The van der Waals surface area contributed by atoms with Crippen molar-refractivity contribution in [2.75, 3.05) is 11.9 Å². The molecular weight excluding hydrogens is 370 g/mol.